The Balaban J connectivity index is 2.65. The van der Waals surface area contributed by atoms with E-state index in [0.29, 0.717) is 12.4 Å². The third-order valence-electron chi connectivity index (χ3n) is 4.18. The number of ether oxygens (including phenoxy) is 1. The SMILES string of the molecule is CCOc1ccnc2c1c(=O)n(CC(=O)N(C(C)C)C(C)C)c(=O)n2C. The highest BCUT2D eigenvalue weighted by atomic mass is 16.5. The molecule has 26 heavy (non-hydrogen) atoms. The van der Waals surface area contributed by atoms with Gasteiger partial charge in [-0.05, 0) is 40.7 Å². The van der Waals surface area contributed by atoms with E-state index in [1.807, 2.05) is 27.7 Å². The van der Waals surface area contributed by atoms with Crippen LogP contribution in [0.5, 0.6) is 5.75 Å². The quantitative estimate of drug-likeness (QED) is 0.769. The summed E-state index contributed by atoms with van der Waals surface area (Å²) in [7, 11) is 1.52. The van der Waals surface area contributed by atoms with Crippen LogP contribution in [-0.4, -0.2) is 43.6 Å². The fourth-order valence-electron chi connectivity index (χ4n) is 3.19. The first-order valence-corrected chi connectivity index (χ1v) is 8.73. The van der Waals surface area contributed by atoms with Crippen molar-refractivity contribution in [2.24, 2.45) is 7.05 Å². The number of pyridine rings is 1. The van der Waals surface area contributed by atoms with Gasteiger partial charge in [0.05, 0.1) is 6.61 Å². The average Bonchev–Trinajstić information content (AvgIpc) is 2.56. The molecule has 142 valence electrons. The first-order valence-electron chi connectivity index (χ1n) is 8.73. The second-order valence-electron chi connectivity index (χ2n) is 6.66. The molecule has 0 aliphatic heterocycles. The van der Waals surface area contributed by atoms with Gasteiger partial charge >= 0.3 is 5.69 Å². The van der Waals surface area contributed by atoms with Crippen molar-refractivity contribution < 1.29 is 9.53 Å². The van der Waals surface area contributed by atoms with E-state index < -0.39 is 11.2 Å². The molecule has 0 N–H and O–H groups in total. The normalized spacial score (nSPS) is 11.4. The molecule has 0 aliphatic carbocycles. The van der Waals surface area contributed by atoms with Crippen LogP contribution < -0.4 is 16.0 Å². The third kappa shape index (κ3) is 3.49. The van der Waals surface area contributed by atoms with Gasteiger partial charge in [0.25, 0.3) is 5.56 Å². The first-order chi connectivity index (χ1) is 12.2. The van der Waals surface area contributed by atoms with E-state index in [9.17, 15) is 14.4 Å². The van der Waals surface area contributed by atoms with Gasteiger partial charge in [-0.25, -0.2) is 14.3 Å². The Hall–Kier alpha value is -2.64. The molecule has 0 radical (unpaired) electrons. The van der Waals surface area contributed by atoms with Gasteiger partial charge in [0.1, 0.15) is 17.7 Å². The van der Waals surface area contributed by atoms with Crippen LogP contribution in [0.1, 0.15) is 34.6 Å². The van der Waals surface area contributed by atoms with Gasteiger partial charge < -0.3 is 9.64 Å². The Bertz CT molecular complexity index is 919. The molecule has 0 aromatic carbocycles. The Morgan fingerprint density at radius 3 is 2.38 bits per heavy atom. The lowest BCUT2D eigenvalue weighted by atomic mass is 10.2. The number of hydrogen-bond donors (Lipinski definition) is 0. The Kier molecular flexibility index (Phi) is 5.84. The van der Waals surface area contributed by atoms with Crippen molar-refractivity contribution in [3.8, 4) is 5.75 Å². The highest BCUT2D eigenvalue weighted by Crippen LogP contribution is 2.19. The lowest BCUT2D eigenvalue weighted by Crippen LogP contribution is -2.48. The lowest BCUT2D eigenvalue weighted by molar-refractivity contribution is -0.135. The second kappa shape index (κ2) is 7.72. The molecule has 0 saturated heterocycles. The van der Waals surface area contributed by atoms with Crippen LogP contribution in [0.15, 0.2) is 21.9 Å². The van der Waals surface area contributed by atoms with Crippen LogP contribution in [0.2, 0.25) is 0 Å². The van der Waals surface area contributed by atoms with Crippen LogP contribution in [0.3, 0.4) is 0 Å². The summed E-state index contributed by atoms with van der Waals surface area (Å²) in [4.78, 5) is 44.1. The fourth-order valence-corrected chi connectivity index (χ4v) is 3.19. The number of fused-ring (bicyclic) bond motifs is 1. The molecule has 0 bridgehead atoms. The van der Waals surface area contributed by atoms with Crippen molar-refractivity contribution in [3.05, 3.63) is 33.1 Å². The fraction of sp³-hybridized carbons (Fsp3) is 0.556. The van der Waals surface area contributed by atoms with Gasteiger partial charge in [0.15, 0.2) is 5.65 Å². The van der Waals surface area contributed by atoms with Crippen molar-refractivity contribution >= 4 is 16.9 Å². The minimum absolute atomic E-state index is 0.0387. The zero-order valence-electron chi connectivity index (χ0n) is 16.1. The molecule has 0 spiro atoms. The Labute approximate surface area is 152 Å². The molecule has 2 heterocycles. The zero-order valence-corrected chi connectivity index (χ0v) is 16.1. The number of aromatic nitrogens is 3. The van der Waals surface area contributed by atoms with E-state index in [1.165, 1.54) is 17.8 Å². The van der Waals surface area contributed by atoms with Gasteiger partial charge in [-0.2, -0.15) is 0 Å². The summed E-state index contributed by atoms with van der Waals surface area (Å²) >= 11 is 0. The van der Waals surface area contributed by atoms with E-state index in [-0.39, 0.29) is 35.6 Å². The summed E-state index contributed by atoms with van der Waals surface area (Å²) < 4.78 is 7.73. The van der Waals surface area contributed by atoms with Crippen LogP contribution >= 0.6 is 0 Å². The summed E-state index contributed by atoms with van der Waals surface area (Å²) in [5.74, 6) is 0.0688. The number of rotatable bonds is 6. The molecular formula is C18H26N4O4. The smallest absolute Gasteiger partial charge is 0.332 e. The number of nitrogens with zero attached hydrogens (tertiary/aromatic N) is 4. The minimum atomic E-state index is -0.579. The van der Waals surface area contributed by atoms with Crippen molar-refractivity contribution in [2.75, 3.05) is 6.61 Å². The summed E-state index contributed by atoms with van der Waals surface area (Å²) in [5, 5.41) is 0.199. The highest BCUT2D eigenvalue weighted by molar-refractivity contribution is 5.82. The molecular weight excluding hydrogens is 336 g/mol. The zero-order chi connectivity index (χ0) is 19.6. The van der Waals surface area contributed by atoms with Crippen LogP contribution in [0, 0.1) is 0 Å². The van der Waals surface area contributed by atoms with Gasteiger partial charge in [-0.1, -0.05) is 0 Å². The van der Waals surface area contributed by atoms with E-state index >= 15 is 0 Å². The summed E-state index contributed by atoms with van der Waals surface area (Å²) in [5.41, 5.74) is -0.913. The van der Waals surface area contributed by atoms with E-state index in [1.54, 1.807) is 17.9 Å². The highest BCUT2D eigenvalue weighted by Gasteiger charge is 2.23. The maximum absolute atomic E-state index is 13.0. The number of carbonyl (C=O) groups is 1. The molecule has 0 atom stereocenters. The van der Waals surface area contributed by atoms with Crippen LogP contribution in [0.4, 0.5) is 0 Å². The maximum Gasteiger partial charge on any atom is 0.332 e. The molecule has 0 aliphatic rings. The molecule has 8 heteroatoms. The molecule has 2 aromatic heterocycles. The number of aryl methyl sites for hydroxylation is 1. The van der Waals surface area contributed by atoms with Gasteiger partial charge in [0.2, 0.25) is 5.91 Å². The third-order valence-corrected chi connectivity index (χ3v) is 4.18. The Morgan fingerprint density at radius 1 is 1.23 bits per heavy atom. The predicted octanol–water partition coefficient (Wildman–Crippen LogP) is 1.14. The minimum Gasteiger partial charge on any atom is -0.493 e. The molecule has 0 saturated carbocycles. The predicted molar refractivity (Wildman–Crippen MR) is 99.5 cm³/mol. The van der Waals surface area contributed by atoms with Gasteiger partial charge in [-0.3, -0.25) is 14.2 Å². The largest absolute Gasteiger partial charge is 0.493 e. The summed E-state index contributed by atoms with van der Waals surface area (Å²) in [6, 6.07) is 1.50. The second-order valence-corrected chi connectivity index (χ2v) is 6.66. The standard InChI is InChI=1S/C18H26N4O4/c1-7-26-13-8-9-19-16-15(13)17(24)21(18(25)20(16)6)10-14(23)22(11(2)3)12(4)5/h8-9,11-12H,7,10H2,1-6H3. The molecule has 1 amide bonds. The molecule has 2 aromatic rings. The van der Waals surface area contributed by atoms with Crippen LogP contribution in [-0.2, 0) is 18.4 Å². The number of amides is 1. The van der Waals surface area contributed by atoms with E-state index in [2.05, 4.69) is 4.98 Å². The maximum atomic E-state index is 13.0. The molecule has 8 nitrogen and oxygen atoms in total. The average molecular weight is 362 g/mol. The summed E-state index contributed by atoms with van der Waals surface area (Å²) in [6.45, 7) is 9.45. The molecule has 2 rings (SSSR count). The number of carbonyl (C=O) groups excluding carboxylic acids is 1. The van der Waals surface area contributed by atoms with Crippen LogP contribution in [0.25, 0.3) is 11.0 Å². The monoisotopic (exact) mass is 362 g/mol. The van der Waals surface area contributed by atoms with Crippen molar-refractivity contribution in [1.29, 1.82) is 0 Å². The number of hydrogen-bond acceptors (Lipinski definition) is 5. The first kappa shape index (κ1) is 19.7. The Morgan fingerprint density at radius 2 is 1.85 bits per heavy atom. The van der Waals surface area contributed by atoms with E-state index in [0.717, 1.165) is 4.57 Å². The molecule has 0 unspecified atom stereocenters. The lowest BCUT2D eigenvalue weighted by Gasteiger charge is -2.31. The van der Waals surface area contributed by atoms with Crippen molar-refractivity contribution in [2.45, 2.75) is 53.2 Å². The van der Waals surface area contributed by atoms with Crippen molar-refractivity contribution in [3.63, 3.8) is 0 Å². The van der Waals surface area contributed by atoms with Crippen molar-refractivity contribution in [1.82, 2.24) is 19.0 Å². The molecule has 0 fully saturated rings. The van der Waals surface area contributed by atoms with Gasteiger partial charge in [-0.15, -0.1) is 0 Å². The van der Waals surface area contributed by atoms with E-state index in [4.69, 9.17) is 4.74 Å². The topological polar surface area (TPSA) is 86.4 Å². The van der Waals surface area contributed by atoms with Gasteiger partial charge in [0, 0.05) is 25.3 Å². The summed E-state index contributed by atoms with van der Waals surface area (Å²) in [6.07, 6.45) is 1.49.